The predicted molar refractivity (Wildman–Crippen MR) is 87.9 cm³/mol. The van der Waals surface area contributed by atoms with Crippen LogP contribution >= 0.6 is 0 Å². The largest absolute Gasteiger partial charge is 0.399 e. The van der Waals surface area contributed by atoms with Crippen LogP contribution in [0.4, 0.5) is 5.69 Å². The molecule has 0 radical (unpaired) electrons. The van der Waals surface area contributed by atoms with Crippen LogP contribution in [0.3, 0.4) is 0 Å². The zero-order valence-electron chi connectivity index (χ0n) is 13.5. The maximum atomic E-state index is 12.3. The molecule has 1 amide bonds. The van der Waals surface area contributed by atoms with E-state index in [1.165, 1.54) is 19.3 Å². The summed E-state index contributed by atoms with van der Waals surface area (Å²) < 4.78 is 0. The van der Waals surface area contributed by atoms with Gasteiger partial charge in [0.1, 0.15) is 0 Å². The third kappa shape index (κ3) is 4.48. The molecule has 2 atom stereocenters. The van der Waals surface area contributed by atoms with Crippen molar-refractivity contribution in [2.24, 2.45) is 11.3 Å². The Labute approximate surface area is 128 Å². The van der Waals surface area contributed by atoms with Gasteiger partial charge in [-0.15, -0.1) is 0 Å². The number of anilines is 1. The highest BCUT2D eigenvalue weighted by atomic mass is 16.1. The highest BCUT2D eigenvalue weighted by Crippen LogP contribution is 2.37. The van der Waals surface area contributed by atoms with E-state index in [9.17, 15) is 4.79 Å². The summed E-state index contributed by atoms with van der Waals surface area (Å²) in [6, 6.07) is 7.87. The van der Waals surface area contributed by atoms with Crippen molar-refractivity contribution in [1.82, 2.24) is 5.32 Å². The second-order valence-electron chi connectivity index (χ2n) is 7.35. The number of nitrogens with two attached hydrogens (primary N) is 1. The summed E-state index contributed by atoms with van der Waals surface area (Å²) in [5.74, 6) is 0.697. The van der Waals surface area contributed by atoms with Crippen LogP contribution < -0.4 is 11.1 Å². The van der Waals surface area contributed by atoms with Gasteiger partial charge in [-0.2, -0.15) is 0 Å². The van der Waals surface area contributed by atoms with E-state index in [1.807, 2.05) is 24.3 Å². The van der Waals surface area contributed by atoms with Crippen molar-refractivity contribution in [3.63, 3.8) is 0 Å². The fourth-order valence-electron chi connectivity index (χ4n) is 3.42. The van der Waals surface area contributed by atoms with E-state index in [0.29, 0.717) is 18.4 Å². The minimum atomic E-state index is 0.126. The van der Waals surface area contributed by atoms with Gasteiger partial charge in [-0.1, -0.05) is 45.7 Å². The molecule has 0 aliphatic heterocycles. The minimum Gasteiger partial charge on any atom is -0.399 e. The van der Waals surface area contributed by atoms with E-state index in [2.05, 4.69) is 26.1 Å². The first-order chi connectivity index (χ1) is 9.86. The number of rotatable bonds is 3. The molecule has 1 aliphatic rings. The Morgan fingerprint density at radius 1 is 1.19 bits per heavy atom. The van der Waals surface area contributed by atoms with Crippen molar-refractivity contribution in [2.75, 3.05) is 5.73 Å². The van der Waals surface area contributed by atoms with E-state index in [4.69, 9.17) is 5.73 Å². The molecular formula is C18H28N2O. The average Bonchev–Trinajstić information content (AvgIpc) is 2.41. The molecule has 116 valence electrons. The lowest BCUT2D eigenvalue weighted by Crippen LogP contribution is -2.47. The number of nitrogens with one attached hydrogen (secondary N) is 1. The van der Waals surface area contributed by atoms with E-state index in [0.717, 1.165) is 17.7 Å². The molecule has 0 aromatic heterocycles. The van der Waals surface area contributed by atoms with Crippen molar-refractivity contribution >= 4 is 11.6 Å². The monoisotopic (exact) mass is 288 g/mol. The Balaban J connectivity index is 1.95. The lowest BCUT2D eigenvalue weighted by Gasteiger charge is -2.40. The smallest absolute Gasteiger partial charge is 0.224 e. The second kappa shape index (κ2) is 6.50. The first-order valence-electron chi connectivity index (χ1n) is 8.00. The van der Waals surface area contributed by atoms with Crippen LogP contribution in [-0.2, 0) is 11.2 Å². The second-order valence-corrected chi connectivity index (χ2v) is 7.35. The van der Waals surface area contributed by atoms with E-state index >= 15 is 0 Å². The molecule has 0 bridgehead atoms. The first-order valence-corrected chi connectivity index (χ1v) is 8.00. The molecule has 3 nitrogen and oxygen atoms in total. The van der Waals surface area contributed by atoms with Crippen molar-refractivity contribution in [1.29, 1.82) is 0 Å². The zero-order valence-corrected chi connectivity index (χ0v) is 13.5. The van der Waals surface area contributed by atoms with Gasteiger partial charge < -0.3 is 11.1 Å². The molecule has 2 rings (SSSR count). The van der Waals surface area contributed by atoms with Crippen LogP contribution in [0.25, 0.3) is 0 Å². The molecule has 1 fully saturated rings. The Morgan fingerprint density at radius 3 is 2.43 bits per heavy atom. The number of nitrogen functional groups attached to an aromatic ring is 1. The topological polar surface area (TPSA) is 55.1 Å². The van der Waals surface area contributed by atoms with Crippen molar-refractivity contribution < 1.29 is 4.79 Å². The third-order valence-electron chi connectivity index (χ3n) is 4.57. The van der Waals surface area contributed by atoms with Crippen LogP contribution in [0.1, 0.15) is 52.0 Å². The minimum absolute atomic E-state index is 0.126. The highest BCUT2D eigenvalue weighted by molar-refractivity contribution is 5.79. The molecule has 1 aromatic carbocycles. The van der Waals surface area contributed by atoms with Gasteiger partial charge in [0.2, 0.25) is 5.91 Å². The molecule has 0 spiro atoms. The number of carbonyl (C=O) groups is 1. The highest BCUT2D eigenvalue weighted by Gasteiger charge is 2.34. The van der Waals surface area contributed by atoms with Crippen LogP contribution in [0.5, 0.6) is 0 Å². The van der Waals surface area contributed by atoms with E-state index in [1.54, 1.807) is 0 Å². The van der Waals surface area contributed by atoms with E-state index in [-0.39, 0.29) is 11.3 Å². The van der Waals surface area contributed by atoms with Gasteiger partial charge in [0.25, 0.3) is 0 Å². The molecule has 2 unspecified atom stereocenters. The number of hydrogen-bond acceptors (Lipinski definition) is 2. The number of benzene rings is 1. The summed E-state index contributed by atoms with van der Waals surface area (Å²) in [5, 5.41) is 3.27. The Morgan fingerprint density at radius 2 is 1.81 bits per heavy atom. The van der Waals surface area contributed by atoms with Gasteiger partial charge in [-0.3, -0.25) is 4.79 Å². The number of carbonyl (C=O) groups excluding carboxylic acids is 1. The molecule has 1 saturated carbocycles. The van der Waals surface area contributed by atoms with Gasteiger partial charge >= 0.3 is 0 Å². The lowest BCUT2D eigenvalue weighted by atomic mass is 9.69. The fraction of sp³-hybridized carbons (Fsp3) is 0.611. The maximum absolute atomic E-state index is 12.3. The number of hydrogen-bond donors (Lipinski definition) is 2. The lowest BCUT2D eigenvalue weighted by molar-refractivity contribution is -0.122. The molecule has 1 aromatic rings. The SMILES string of the molecule is CC(C)(C)C1CCCCC1NC(=O)Cc1ccc(N)cc1. The predicted octanol–water partition coefficient (Wildman–Crippen LogP) is 3.53. The summed E-state index contributed by atoms with van der Waals surface area (Å²) >= 11 is 0. The van der Waals surface area contributed by atoms with Crippen LogP contribution in [0.15, 0.2) is 24.3 Å². The van der Waals surface area contributed by atoms with Crippen molar-refractivity contribution in [2.45, 2.75) is 58.9 Å². The normalized spacial score (nSPS) is 22.8. The maximum Gasteiger partial charge on any atom is 0.224 e. The van der Waals surface area contributed by atoms with Gasteiger partial charge in [0.15, 0.2) is 0 Å². The summed E-state index contributed by atoms with van der Waals surface area (Å²) in [6.07, 6.45) is 5.27. The van der Waals surface area contributed by atoms with Crippen LogP contribution in [0.2, 0.25) is 0 Å². The standard InChI is InChI=1S/C18H28N2O/c1-18(2,3)15-6-4-5-7-16(15)20-17(21)12-13-8-10-14(19)11-9-13/h8-11,15-16H,4-7,12,19H2,1-3H3,(H,20,21). The molecule has 21 heavy (non-hydrogen) atoms. The summed E-state index contributed by atoms with van der Waals surface area (Å²) in [5.41, 5.74) is 7.68. The fourth-order valence-corrected chi connectivity index (χ4v) is 3.42. The summed E-state index contributed by atoms with van der Waals surface area (Å²) in [4.78, 5) is 12.3. The molecule has 0 saturated heterocycles. The van der Waals surface area contributed by atoms with Gasteiger partial charge in [-0.25, -0.2) is 0 Å². The molecule has 3 N–H and O–H groups in total. The zero-order chi connectivity index (χ0) is 15.5. The molecule has 3 heteroatoms. The van der Waals surface area contributed by atoms with Gasteiger partial charge in [0, 0.05) is 11.7 Å². The van der Waals surface area contributed by atoms with Crippen molar-refractivity contribution in [3.8, 4) is 0 Å². The first kappa shape index (κ1) is 15.9. The average molecular weight is 288 g/mol. The Bertz CT molecular complexity index is 473. The number of amides is 1. The van der Waals surface area contributed by atoms with E-state index < -0.39 is 0 Å². The molecule has 1 aliphatic carbocycles. The van der Waals surface area contributed by atoms with Gasteiger partial charge in [-0.05, 0) is 41.9 Å². The molecular weight excluding hydrogens is 260 g/mol. The van der Waals surface area contributed by atoms with Crippen LogP contribution in [-0.4, -0.2) is 11.9 Å². The Kier molecular flexibility index (Phi) is 4.92. The van der Waals surface area contributed by atoms with Gasteiger partial charge in [0.05, 0.1) is 6.42 Å². The van der Waals surface area contributed by atoms with Crippen molar-refractivity contribution in [3.05, 3.63) is 29.8 Å². The summed E-state index contributed by atoms with van der Waals surface area (Å²) in [6.45, 7) is 6.84. The summed E-state index contributed by atoms with van der Waals surface area (Å²) in [7, 11) is 0. The molecule has 0 heterocycles. The third-order valence-corrected chi connectivity index (χ3v) is 4.57. The quantitative estimate of drug-likeness (QED) is 0.836. The van der Waals surface area contributed by atoms with Crippen LogP contribution in [0, 0.1) is 11.3 Å². The Hall–Kier alpha value is -1.51.